The highest BCUT2D eigenvalue weighted by Gasteiger charge is 2.22. The number of hydrogen-bond acceptors (Lipinski definition) is 4. The van der Waals surface area contributed by atoms with Gasteiger partial charge in [-0.25, -0.2) is 4.68 Å². The molecule has 0 radical (unpaired) electrons. The van der Waals surface area contributed by atoms with Gasteiger partial charge in [0.15, 0.2) is 5.69 Å². The Labute approximate surface area is 148 Å². The number of aliphatic carboxylic acids is 1. The molecule has 1 amide bonds. The van der Waals surface area contributed by atoms with Gasteiger partial charge in [-0.05, 0) is 31.0 Å². The summed E-state index contributed by atoms with van der Waals surface area (Å²) >= 11 is 3.43. The molecule has 0 aliphatic heterocycles. The summed E-state index contributed by atoms with van der Waals surface area (Å²) in [6.07, 6.45) is 1.45. The van der Waals surface area contributed by atoms with Crippen molar-refractivity contribution in [2.24, 2.45) is 0 Å². The van der Waals surface area contributed by atoms with Crippen molar-refractivity contribution < 1.29 is 14.7 Å². The molecule has 0 saturated carbocycles. The van der Waals surface area contributed by atoms with Gasteiger partial charge in [0.1, 0.15) is 6.04 Å². The van der Waals surface area contributed by atoms with E-state index in [1.165, 1.54) is 6.92 Å². The minimum Gasteiger partial charge on any atom is -0.480 e. The van der Waals surface area contributed by atoms with Crippen LogP contribution in [0.1, 0.15) is 42.0 Å². The zero-order valence-electron chi connectivity index (χ0n) is 13.5. The number of amides is 1. The van der Waals surface area contributed by atoms with Crippen LogP contribution in [-0.2, 0) is 17.8 Å². The van der Waals surface area contributed by atoms with Gasteiger partial charge >= 0.3 is 5.97 Å². The van der Waals surface area contributed by atoms with Gasteiger partial charge in [0, 0.05) is 4.47 Å². The fourth-order valence-electron chi connectivity index (χ4n) is 2.26. The molecule has 2 aromatic rings. The summed E-state index contributed by atoms with van der Waals surface area (Å²) < 4.78 is 2.65. The van der Waals surface area contributed by atoms with Crippen LogP contribution < -0.4 is 5.32 Å². The summed E-state index contributed by atoms with van der Waals surface area (Å²) in [5, 5.41) is 19.4. The van der Waals surface area contributed by atoms with Crippen LogP contribution in [0.5, 0.6) is 0 Å². The topological polar surface area (TPSA) is 97.1 Å². The van der Waals surface area contributed by atoms with Crippen LogP contribution in [-0.4, -0.2) is 38.0 Å². The molecule has 2 rings (SSSR count). The molecular weight excluding hydrogens is 376 g/mol. The van der Waals surface area contributed by atoms with E-state index in [-0.39, 0.29) is 5.69 Å². The lowest BCUT2D eigenvalue weighted by Gasteiger charge is -2.10. The fraction of sp³-hybridized carbons (Fsp3) is 0.375. The molecule has 0 aliphatic carbocycles. The Bertz CT molecular complexity index is 745. The van der Waals surface area contributed by atoms with E-state index in [2.05, 4.69) is 31.6 Å². The zero-order chi connectivity index (χ0) is 17.7. The van der Waals surface area contributed by atoms with Gasteiger partial charge in [0.25, 0.3) is 5.91 Å². The highest BCUT2D eigenvalue weighted by molar-refractivity contribution is 9.10. The van der Waals surface area contributed by atoms with Crippen LogP contribution >= 0.6 is 15.9 Å². The van der Waals surface area contributed by atoms with Gasteiger partial charge in [0.2, 0.25) is 0 Å². The second-order valence-corrected chi connectivity index (χ2v) is 6.37. The molecule has 1 heterocycles. The second-order valence-electron chi connectivity index (χ2n) is 5.46. The molecule has 0 unspecified atom stereocenters. The normalized spacial score (nSPS) is 12.0. The van der Waals surface area contributed by atoms with Gasteiger partial charge in [-0.3, -0.25) is 9.59 Å². The van der Waals surface area contributed by atoms with Crippen molar-refractivity contribution in [1.82, 2.24) is 20.3 Å². The summed E-state index contributed by atoms with van der Waals surface area (Å²) in [6.45, 7) is 3.90. The van der Waals surface area contributed by atoms with Crippen molar-refractivity contribution in [1.29, 1.82) is 0 Å². The maximum atomic E-state index is 12.3. The number of rotatable bonds is 7. The van der Waals surface area contributed by atoms with Crippen LogP contribution in [0.2, 0.25) is 0 Å². The average Bonchev–Trinajstić information content (AvgIpc) is 2.90. The van der Waals surface area contributed by atoms with Crippen LogP contribution in [0.3, 0.4) is 0 Å². The molecular formula is C16H19BrN4O3. The van der Waals surface area contributed by atoms with Gasteiger partial charge in [-0.15, -0.1) is 5.10 Å². The fourth-order valence-corrected chi connectivity index (χ4v) is 2.70. The Kier molecular flexibility index (Phi) is 6.08. The van der Waals surface area contributed by atoms with Crippen LogP contribution in [0.15, 0.2) is 28.7 Å². The first kappa shape index (κ1) is 18.1. The number of carbonyl (C=O) groups is 2. The number of benzene rings is 1. The first-order chi connectivity index (χ1) is 11.4. The maximum Gasteiger partial charge on any atom is 0.325 e. The Hall–Kier alpha value is -2.22. The number of halogens is 1. The number of nitrogens with zero attached hydrogens (tertiary/aromatic N) is 3. The van der Waals surface area contributed by atoms with E-state index >= 15 is 0 Å². The Morgan fingerprint density at radius 1 is 1.42 bits per heavy atom. The number of hydrogen-bond donors (Lipinski definition) is 2. The van der Waals surface area contributed by atoms with Gasteiger partial charge in [0.05, 0.1) is 12.2 Å². The van der Waals surface area contributed by atoms with Crippen molar-refractivity contribution in [2.75, 3.05) is 0 Å². The second kappa shape index (κ2) is 8.05. The van der Waals surface area contributed by atoms with Crippen molar-refractivity contribution in [3.05, 3.63) is 45.7 Å². The number of carbonyl (C=O) groups excluding carboxylic acids is 1. The van der Waals surface area contributed by atoms with Crippen molar-refractivity contribution in [3.63, 3.8) is 0 Å². The van der Waals surface area contributed by atoms with Gasteiger partial charge < -0.3 is 10.4 Å². The highest BCUT2D eigenvalue weighted by Crippen LogP contribution is 2.15. The van der Waals surface area contributed by atoms with E-state index in [9.17, 15) is 9.59 Å². The molecule has 1 atom stereocenters. The lowest BCUT2D eigenvalue weighted by molar-refractivity contribution is -0.138. The largest absolute Gasteiger partial charge is 0.480 e. The van der Waals surface area contributed by atoms with Crippen molar-refractivity contribution in [3.8, 4) is 0 Å². The molecule has 0 spiro atoms. The first-order valence-electron chi connectivity index (χ1n) is 7.62. The molecule has 0 bridgehead atoms. The Balaban J connectivity index is 2.26. The predicted molar refractivity (Wildman–Crippen MR) is 91.8 cm³/mol. The lowest BCUT2D eigenvalue weighted by Crippen LogP contribution is -2.39. The molecule has 0 saturated heterocycles. The summed E-state index contributed by atoms with van der Waals surface area (Å²) in [7, 11) is 0. The summed E-state index contributed by atoms with van der Waals surface area (Å²) in [5.74, 6) is -1.62. The Morgan fingerprint density at radius 2 is 2.17 bits per heavy atom. The Morgan fingerprint density at radius 3 is 2.79 bits per heavy atom. The molecule has 8 heteroatoms. The maximum absolute atomic E-state index is 12.3. The molecule has 24 heavy (non-hydrogen) atoms. The van der Waals surface area contributed by atoms with Crippen LogP contribution in [0.25, 0.3) is 0 Å². The third kappa shape index (κ3) is 4.41. The smallest absolute Gasteiger partial charge is 0.325 e. The highest BCUT2D eigenvalue weighted by atomic mass is 79.9. The molecule has 7 nitrogen and oxygen atoms in total. The van der Waals surface area contributed by atoms with Crippen molar-refractivity contribution in [2.45, 2.75) is 39.3 Å². The predicted octanol–water partition coefficient (Wildman–Crippen LogP) is 2.24. The van der Waals surface area contributed by atoms with E-state index in [0.29, 0.717) is 18.7 Å². The van der Waals surface area contributed by atoms with E-state index in [1.54, 1.807) is 4.68 Å². The molecule has 0 fully saturated rings. The molecule has 1 aromatic heterocycles. The van der Waals surface area contributed by atoms with E-state index < -0.39 is 17.9 Å². The quantitative estimate of drug-likeness (QED) is 0.750. The van der Waals surface area contributed by atoms with Gasteiger partial charge in [-0.2, -0.15) is 0 Å². The average molecular weight is 395 g/mol. The van der Waals surface area contributed by atoms with Crippen LogP contribution in [0, 0.1) is 0 Å². The number of carboxylic acid groups (broad SMARTS) is 1. The monoisotopic (exact) mass is 394 g/mol. The SMILES string of the molecule is CCCc1c(C(=O)N[C@H](C)C(=O)O)nnn1Cc1cccc(Br)c1. The zero-order valence-corrected chi connectivity index (χ0v) is 15.1. The first-order valence-corrected chi connectivity index (χ1v) is 8.42. The number of nitrogens with one attached hydrogen (secondary N) is 1. The standard InChI is InChI=1S/C16H19BrN4O3/c1-3-5-13-14(15(22)18-10(2)16(23)24)19-20-21(13)9-11-6-4-7-12(17)8-11/h4,6-8,10H,3,5,9H2,1-2H3,(H,18,22)(H,23,24)/t10-/m1/s1. The minimum atomic E-state index is -1.10. The van der Waals surface area contributed by atoms with E-state index in [1.807, 2.05) is 31.2 Å². The molecule has 2 N–H and O–H groups in total. The molecule has 0 aliphatic rings. The lowest BCUT2D eigenvalue weighted by atomic mass is 10.1. The third-order valence-electron chi connectivity index (χ3n) is 3.48. The third-order valence-corrected chi connectivity index (χ3v) is 3.97. The van der Waals surface area contributed by atoms with E-state index in [0.717, 1.165) is 16.5 Å². The molecule has 128 valence electrons. The molecule has 1 aromatic carbocycles. The van der Waals surface area contributed by atoms with Gasteiger partial charge in [-0.1, -0.05) is 46.6 Å². The van der Waals surface area contributed by atoms with Crippen molar-refractivity contribution >= 4 is 27.8 Å². The summed E-state index contributed by atoms with van der Waals surface area (Å²) in [5.41, 5.74) is 1.91. The summed E-state index contributed by atoms with van der Waals surface area (Å²) in [6, 6.07) is 6.82. The summed E-state index contributed by atoms with van der Waals surface area (Å²) in [4.78, 5) is 23.2. The number of aromatic nitrogens is 3. The van der Waals surface area contributed by atoms with Crippen LogP contribution in [0.4, 0.5) is 0 Å². The minimum absolute atomic E-state index is 0.181. The van der Waals surface area contributed by atoms with E-state index in [4.69, 9.17) is 5.11 Å². The number of carboxylic acids is 1.